The second kappa shape index (κ2) is 5.79. The topological polar surface area (TPSA) is 55.8 Å². The first kappa shape index (κ1) is 15.7. The summed E-state index contributed by atoms with van der Waals surface area (Å²) in [7, 11) is -1.83. The molecule has 1 aliphatic heterocycles. The summed E-state index contributed by atoms with van der Waals surface area (Å²) in [6.07, 6.45) is 2.97. The van der Waals surface area contributed by atoms with Gasteiger partial charge in [-0.1, -0.05) is 11.6 Å². The molecule has 1 aromatic heterocycles. The van der Waals surface area contributed by atoms with Crippen LogP contribution in [0.4, 0.5) is 0 Å². The fraction of sp³-hybridized carbons (Fsp3) is 0.692. The number of hydrogen-bond donors (Lipinski definition) is 0. The maximum atomic E-state index is 12.6. The summed E-state index contributed by atoms with van der Waals surface area (Å²) < 4.78 is 38.7. The van der Waals surface area contributed by atoms with Crippen molar-refractivity contribution in [3.05, 3.63) is 16.5 Å². The van der Waals surface area contributed by atoms with Gasteiger partial charge in [-0.2, -0.15) is 4.31 Å². The van der Waals surface area contributed by atoms with E-state index >= 15 is 0 Å². The van der Waals surface area contributed by atoms with Gasteiger partial charge in [-0.3, -0.25) is 0 Å². The third-order valence-corrected chi connectivity index (χ3v) is 7.84. The molecule has 0 radical (unpaired) electrons. The Hall–Kier alpha value is -0.180. The zero-order valence-corrected chi connectivity index (χ0v) is 14.1. The molecular weight excluding hydrogens is 334 g/mol. The average Bonchev–Trinajstić information content (AvgIpc) is 3.09. The Morgan fingerprint density at radius 3 is 2.43 bits per heavy atom. The quantitative estimate of drug-likeness (QED) is 0.840. The minimum Gasteiger partial charge on any atom is -0.348 e. The van der Waals surface area contributed by atoms with Crippen LogP contribution in [0, 0.1) is 0 Å². The molecule has 1 saturated heterocycles. The van der Waals surface area contributed by atoms with Crippen molar-refractivity contribution in [2.24, 2.45) is 0 Å². The third kappa shape index (κ3) is 3.00. The van der Waals surface area contributed by atoms with E-state index < -0.39 is 15.8 Å². The fourth-order valence-corrected chi connectivity index (χ4v) is 6.05. The molecule has 1 saturated carbocycles. The number of halogens is 1. The third-order valence-electron chi connectivity index (χ3n) is 4.23. The van der Waals surface area contributed by atoms with Crippen LogP contribution in [0.2, 0.25) is 4.34 Å². The highest BCUT2D eigenvalue weighted by Crippen LogP contribution is 2.38. The minimum absolute atomic E-state index is 0.0192. The standard InChI is InChI=1S/C13H18ClNO4S2/c1-15(21(16,17)12-3-2-11(14)20-12)10-4-6-13(7-5-10)18-8-9-19-13/h2-3,10H,4-9H2,1H3. The van der Waals surface area contributed by atoms with E-state index in [2.05, 4.69) is 0 Å². The maximum absolute atomic E-state index is 12.6. The van der Waals surface area contributed by atoms with E-state index in [1.807, 2.05) is 0 Å². The van der Waals surface area contributed by atoms with Crippen LogP contribution in [0.1, 0.15) is 25.7 Å². The molecule has 1 spiro atoms. The maximum Gasteiger partial charge on any atom is 0.252 e. The van der Waals surface area contributed by atoms with Crippen LogP contribution >= 0.6 is 22.9 Å². The SMILES string of the molecule is CN(C1CCC2(CC1)OCCO2)S(=O)(=O)c1ccc(Cl)s1. The van der Waals surface area contributed by atoms with Crippen LogP contribution in [-0.2, 0) is 19.5 Å². The summed E-state index contributed by atoms with van der Waals surface area (Å²) in [6.45, 7) is 1.26. The summed E-state index contributed by atoms with van der Waals surface area (Å²) in [4.78, 5) is 0. The van der Waals surface area contributed by atoms with Crippen molar-refractivity contribution >= 4 is 33.0 Å². The van der Waals surface area contributed by atoms with Gasteiger partial charge in [0.15, 0.2) is 5.79 Å². The minimum atomic E-state index is -3.47. The summed E-state index contributed by atoms with van der Waals surface area (Å²) >= 11 is 6.93. The van der Waals surface area contributed by atoms with Gasteiger partial charge >= 0.3 is 0 Å². The van der Waals surface area contributed by atoms with Gasteiger partial charge < -0.3 is 9.47 Å². The van der Waals surface area contributed by atoms with Gasteiger partial charge in [0.25, 0.3) is 10.0 Å². The highest BCUT2D eigenvalue weighted by Gasteiger charge is 2.43. The largest absolute Gasteiger partial charge is 0.348 e. The molecule has 0 aromatic carbocycles. The van der Waals surface area contributed by atoms with Crippen molar-refractivity contribution < 1.29 is 17.9 Å². The number of sulfonamides is 1. The van der Waals surface area contributed by atoms with E-state index in [1.165, 1.54) is 4.31 Å². The highest BCUT2D eigenvalue weighted by atomic mass is 35.5. The zero-order chi connectivity index (χ0) is 15.1. The van der Waals surface area contributed by atoms with Crippen LogP contribution in [0.5, 0.6) is 0 Å². The molecule has 2 heterocycles. The summed E-state index contributed by atoms with van der Waals surface area (Å²) in [5.41, 5.74) is 0. The van der Waals surface area contributed by atoms with Crippen LogP contribution < -0.4 is 0 Å². The second-order valence-electron chi connectivity index (χ2n) is 5.42. The van der Waals surface area contributed by atoms with E-state index in [0.717, 1.165) is 37.0 Å². The molecule has 0 bridgehead atoms. The molecular formula is C13H18ClNO4S2. The lowest BCUT2D eigenvalue weighted by molar-refractivity contribution is -0.181. The molecule has 1 aromatic rings. The number of nitrogens with zero attached hydrogens (tertiary/aromatic N) is 1. The van der Waals surface area contributed by atoms with E-state index in [0.29, 0.717) is 21.8 Å². The van der Waals surface area contributed by atoms with Crippen molar-refractivity contribution in [3.8, 4) is 0 Å². The molecule has 2 aliphatic rings. The molecule has 118 valence electrons. The fourth-order valence-electron chi connectivity index (χ4n) is 2.97. The Kier molecular flexibility index (Phi) is 4.33. The van der Waals surface area contributed by atoms with Gasteiger partial charge in [-0.15, -0.1) is 11.3 Å². The Morgan fingerprint density at radius 2 is 1.90 bits per heavy atom. The van der Waals surface area contributed by atoms with Crippen molar-refractivity contribution in [1.29, 1.82) is 0 Å². The highest BCUT2D eigenvalue weighted by molar-refractivity contribution is 7.91. The number of thiophene rings is 1. The lowest BCUT2D eigenvalue weighted by atomic mass is 9.90. The number of rotatable bonds is 3. The van der Waals surface area contributed by atoms with E-state index in [-0.39, 0.29) is 6.04 Å². The van der Waals surface area contributed by atoms with Crippen molar-refractivity contribution in [2.45, 2.75) is 41.7 Å². The van der Waals surface area contributed by atoms with E-state index in [4.69, 9.17) is 21.1 Å². The van der Waals surface area contributed by atoms with Crippen molar-refractivity contribution in [3.63, 3.8) is 0 Å². The zero-order valence-electron chi connectivity index (χ0n) is 11.7. The van der Waals surface area contributed by atoms with Gasteiger partial charge in [0.05, 0.1) is 17.6 Å². The summed E-state index contributed by atoms with van der Waals surface area (Å²) in [5.74, 6) is -0.465. The Balaban J connectivity index is 1.70. The molecule has 0 N–H and O–H groups in total. The molecule has 1 aliphatic carbocycles. The van der Waals surface area contributed by atoms with Gasteiger partial charge in [-0.05, 0) is 25.0 Å². The predicted octanol–water partition coefficient (Wildman–Crippen LogP) is 2.71. The predicted molar refractivity (Wildman–Crippen MR) is 81.2 cm³/mol. The molecule has 0 amide bonds. The second-order valence-corrected chi connectivity index (χ2v) is 9.36. The first-order valence-corrected chi connectivity index (χ1v) is 9.58. The van der Waals surface area contributed by atoms with E-state index in [1.54, 1.807) is 19.2 Å². The normalized spacial score (nSPS) is 23.2. The molecule has 8 heteroatoms. The molecule has 0 unspecified atom stereocenters. The lowest BCUT2D eigenvalue weighted by Crippen LogP contribution is -2.44. The first-order chi connectivity index (χ1) is 9.93. The lowest BCUT2D eigenvalue weighted by Gasteiger charge is -2.38. The van der Waals surface area contributed by atoms with Crippen LogP contribution in [0.25, 0.3) is 0 Å². The average molecular weight is 352 g/mol. The Morgan fingerprint density at radius 1 is 1.29 bits per heavy atom. The van der Waals surface area contributed by atoms with E-state index in [9.17, 15) is 8.42 Å². The van der Waals surface area contributed by atoms with Crippen LogP contribution in [0.15, 0.2) is 16.3 Å². The number of ether oxygens (including phenoxy) is 2. The molecule has 0 atom stereocenters. The Labute approximate surface area is 133 Å². The molecule has 21 heavy (non-hydrogen) atoms. The monoisotopic (exact) mass is 351 g/mol. The number of hydrogen-bond acceptors (Lipinski definition) is 5. The van der Waals surface area contributed by atoms with Crippen molar-refractivity contribution in [2.75, 3.05) is 20.3 Å². The molecule has 3 rings (SSSR count). The summed E-state index contributed by atoms with van der Waals surface area (Å²) in [6, 6.07) is 3.16. The van der Waals surface area contributed by atoms with Crippen LogP contribution in [-0.4, -0.2) is 44.8 Å². The van der Waals surface area contributed by atoms with Gasteiger partial charge in [0.1, 0.15) is 4.21 Å². The van der Waals surface area contributed by atoms with Gasteiger partial charge in [-0.25, -0.2) is 8.42 Å². The summed E-state index contributed by atoms with van der Waals surface area (Å²) in [5, 5.41) is 0. The van der Waals surface area contributed by atoms with Gasteiger partial charge in [0.2, 0.25) is 0 Å². The smallest absolute Gasteiger partial charge is 0.252 e. The Bertz CT molecular complexity index is 599. The molecule has 5 nitrogen and oxygen atoms in total. The van der Waals surface area contributed by atoms with Gasteiger partial charge in [0, 0.05) is 25.9 Å². The van der Waals surface area contributed by atoms with Crippen molar-refractivity contribution in [1.82, 2.24) is 4.31 Å². The first-order valence-electron chi connectivity index (χ1n) is 6.94. The van der Waals surface area contributed by atoms with Crippen LogP contribution in [0.3, 0.4) is 0 Å². The molecule has 2 fully saturated rings.